The predicted molar refractivity (Wildman–Crippen MR) is 84.9 cm³/mol. The minimum atomic E-state index is 0.798. The lowest BCUT2D eigenvalue weighted by Crippen LogP contribution is -2.06. The van der Waals surface area contributed by atoms with Gasteiger partial charge >= 0.3 is 0 Å². The number of nitrogens with one attached hydrogen (secondary N) is 2. The van der Waals surface area contributed by atoms with E-state index >= 15 is 0 Å². The molecule has 0 aliphatic heterocycles. The molecule has 0 aliphatic carbocycles. The van der Waals surface area contributed by atoms with Gasteiger partial charge in [0.25, 0.3) is 0 Å². The van der Waals surface area contributed by atoms with Gasteiger partial charge in [0.05, 0.1) is 24.5 Å². The van der Waals surface area contributed by atoms with Crippen molar-refractivity contribution in [2.45, 2.75) is 5.75 Å². The van der Waals surface area contributed by atoms with Crippen LogP contribution in [0.15, 0.2) is 18.3 Å². The van der Waals surface area contributed by atoms with Crippen molar-refractivity contribution in [3.05, 3.63) is 24.0 Å². The molecular formula is C12H17N5OS2. The van der Waals surface area contributed by atoms with Gasteiger partial charge in [-0.1, -0.05) is 0 Å². The highest BCUT2D eigenvalue weighted by Crippen LogP contribution is 2.21. The Kier molecular flexibility index (Phi) is 5.87. The van der Waals surface area contributed by atoms with Crippen molar-refractivity contribution in [2.75, 3.05) is 37.1 Å². The average molecular weight is 311 g/mol. The fourth-order valence-corrected chi connectivity index (χ4v) is 2.93. The molecule has 0 unspecified atom stereocenters. The van der Waals surface area contributed by atoms with Crippen LogP contribution in [0.1, 0.15) is 5.69 Å². The van der Waals surface area contributed by atoms with Crippen LogP contribution in [0, 0.1) is 0 Å². The minimum Gasteiger partial charge on any atom is -0.495 e. The summed E-state index contributed by atoms with van der Waals surface area (Å²) in [7, 11) is 3.51. The number of hydrogen-bond acceptors (Lipinski definition) is 8. The molecule has 2 heterocycles. The summed E-state index contributed by atoms with van der Waals surface area (Å²) >= 11 is 3.00. The molecule has 20 heavy (non-hydrogen) atoms. The van der Waals surface area contributed by atoms with Gasteiger partial charge in [-0.05, 0) is 12.1 Å². The maximum absolute atomic E-state index is 5.27. The Bertz CT molecular complexity index is 534. The molecule has 8 heteroatoms. The van der Waals surface area contributed by atoms with Crippen molar-refractivity contribution in [2.24, 2.45) is 0 Å². The van der Waals surface area contributed by atoms with Crippen molar-refractivity contribution >= 4 is 35.1 Å². The summed E-state index contributed by atoms with van der Waals surface area (Å²) < 4.78 is 13.6. The standard InChI is InChI=1S/C12H17N5OS2/c1-13-11-12(17-20-16-11)15-6-7-19-8-9-10(18-2)4-3-5-14-9/h3-5H,6-8H2,1-2H3,(H,13,16)(H,15,17). The molecule has 0 saturated carbocycles. The van der Waals surface area contributed by atoms with Crippen LogP contribution >= 0.6 is 23.5 Å². The van der Waals surface area contributed by atoms with Crippen molar-refractivity contribution < 1.29 is 4.74 Å². The third-order valence-corrected chi connectivity index (χ3v) is 4.07. The third-order valence-electron chi connectivity index (χ3n) is 2.57. The van der Waals surface area contributed by atoms with Gasteiger partial charge in [0, 0.05) is 31.3 Å². The molecule has 0 atom stereocenters. The maximum atomic E-state index is 5.27. The second-order valence-electron chi connectivity index (χ2n) is 3.84. The Balaban J connectivity index is 1.72. The van der Waals surface area contributed by atoms with Crippen LogP contribution in [0.4, 0.5) is 11.6 Å². The first-order valence-electron chi connectivity index (χ1n) is 6.15. The summed E-state index contributed by atoms with van der Waals surface area (Å²) in [4.78, 5) is 4.33. The molecule has 0 aromatic carbocycles. The van der Waals surface area contributed by atoms with E-state index in [1.165, 1.54) is 11.7 Å². The highest BCUT2D eigenvalue weighted by molar-refractivity contribution is 7.98. The zero-order chi connectivity index (χ0) is 14.2. The van der Waals surface area contributed by atoms with Crippen LogP contribution in [-0.4, -0.2) is 40.2 Å². The van der Waals surface area contributed by atoms with E-state index in [0.717, 1.165) is 41.1 Å². The van der Waals surface area contributed by atoms with Crippen molar-refractivity contribution in [3.63, 3.8) is 0 Å². The molecule has 0 amide bonds. The van der Waals surface area contributed by atoms with Crippen LogP contribution in [0.25, 0.3) is 0 Å². The van der Waals surface area contributed by atoms with E-state index in [1.54, 1.807) is 25.1 Å². The zero-order valence-corrected chi connectivity index (χ0v) is 13.1. The largest absolute Gasteiger partial charge is 0.495 e. The minimum absolute atomic E-state index is 0.798. The van der Waals surface area contributed by atoms with E-state index in [1.807, 2.05) is 19.2 Å². The van der Waals surface area contributed by atoms with Crippen LogP contribution < -0.4 is 15.4 Å². The molecule has 2 rings (SSSR count). The van der Waals surface area contributed by atoms with Crippen LogP contribution in [0.3, 0.4) is 0 Å². The monoisotopic (exact) mass is 311 g/mol. The van der Waals surface area contributed by atoms with Crippen molar-refractivity contribution in [1.82, 2.24) is 13.7 Å². The van der Waals surface area contributed by atoms with E-state index in [2.05, 4.69) is 24.4 Å². The van der Waals surface area contributed by atoms with Crippen molar-refractivity contribution in [1.29, 1.82) is 0 Å². The first-order chi connectivity index (χ1) is 9.85. The van der Waals surface area contributed by atoms with E-state index < -0.39 is 0 Å². The first-order valence-corrected chi connectivity index (χ1v) is 8.03. The normalized spacial score (nSPS) is 10.3. The van der Waals surface area contributed by atoms with E-state index in [9.17, 15) is 0 Å². The zero-order valence-electron chi connectivity index (χ0n) is 11.4. The average Bonchev–Trinajstić information content (AvgIpc) is 2.95. The Labute approximate surface area is 126 Å². The number of rotatable bonds is 8. The molecule has 0 radical (unpaired) electrons. The number of ether oxygens (including phenoxy) is 1. The number of thioether (sulfide) groups is 1. The van der Waals surface area contributed by atoms with Gasteiger partial charge < -0.3 is 15.4 Å². The quantitative estimate of drug-likeness (QED) is 0.725. The van der Waals surface area contributed by atoms with Gasteiger partial charge in [-0.15, -0.1) is 0 Å². The predicted octanol–water partition coefficient (Wildman–Crippen LogP) is 2.33. The Morgan fingerprint density at radius 1 is 1.35 bits per heavy atom. The molecule has 2 aromatic rings. The Hall–Kier alpha value is -1.54. The third kappa shape index (κ3) is 3.97. The van der Waals surface area contributed by atoms with Gasteiger partial charge in [-0.3, -0.25) is 4.98 Å². The smallest absolute Gasteiger partial charge is 0.184 e. The molecule has 0 aliphatic rings. The Morgan fingerprint density at radius 2 is 2.20 bits per heavy atom. The maximum Gasteiger partial charge on any atom is 0.184 e. The molecule has 108 valence electrons. The molecule has 0 saturated heterocycles. The Morgan fingerprint density at radius 3 is 3.00 bits per heavy atom. The van der Waals surface area contributed by atoms with Gasteiger partial charge in [-0.25, -0.2) is 0 Å². The topological polar surface area (TPSA) is 72.0 Å². The summed E-state index contributed by atoms with van der Waals surface area (Å²) in [5.74, 6) is 4.24. The van der Waals surface area contributed by atoms with E-state index in [0.29, 0.717) is 0 Å². The van der Waals surface area contributed by atoms with Crippen LogP contribution in [0.2, 0.25) is 0 Å². The van der Waals surface area contributed by atoms with Gasteiger partial charge in [0.1, 0.15) is 5.75 Å². The summed E-state index contributed by atoms with van der Waals surface area (Å²) in [5, 5.41) is 6.26. The summed E-state index contributed by atoms with van der Waals surface area (Å²) in [6.45, 7) is 0.833. The lowest BCUT2D eigenvalue weighted by molar-refractivity contribution is 0.409. The molecule has 0 spiro atoms. The molecule has 2 N–H and O–H groups in total. The molecule has 2 aromatic heterocycles. The highest BCUT2D eigenvalue weighted by Gasteiger charge is 2.05. The van der Waals surface area contributed by atoms with E-state index in [-0.39, 0.29) is 0 Å². The fraction of sp³-hybridized carbons (Fsp3) is 0.417. The van der Waals surface area contributed by atoms with Gasteiger partial charge in [-0.2, -0.15) is 20.5 Å². The SMILES string of the molecule is CNc1nsnc1NCCSCc1ncccc1OC. The number of pyridine rings is 1. The van der Waals surface area contributed by atoms with Crippen molar-refractivity contribution in [3.8, 4) is 5.75 Å². The van der Waals surface area contributed by atoms with Crippen LogP contribution in [-0.2, 0) is 5.75 Å². The van der Waals surface area contributed by atoms with Gasteiger partial charge in [0.2, 0.25) is 0 Å². The lowest BCUT2D eigenvalue weighted by atomic mass is 10.3. The number of nitrogens with zero attached hydrogens (tertiary/aromatic N) is 3. The fourth-order valence-electron chi connectivity index (χ4n) is 1.60. The van der Waals surface area contributed by atoms with E-state index in [4.69, 9.17) is 4.74 Å². The lowest BCUT2D eigenvalue weighted by Gasteiger charge is -2.07. The number of aromatic nitrogens is 3. The summed E-state index contributed by atoms with van der Waals surface area (Å²) in [6, 6.07) is 3.81. The molecule has 6 nitrogen and oxygen atoms in total. The second-order valence-corrected chi connectivity index (χ2v) is 5.48. The summed E-state index contributed by atoms with van der Waals surface area (Å²) in [5.41, 5.74) is 0.978. The summed E-state index contributed by atoms with van der Waals surface area (Å²) in [6.07, 6.45) is 1.79. The second kappa shape index (κ2) is 7.91. The van der Waals surface area contributed by atoms with Crippen LogP contribution in [0.5, 0.6) is 5.75 Å². The first kappa shape index (κ1) is 14.9. The number of anilines is 2. The number of methoxy groups -OCH3 is 1. The molecule has 0 bridgehead atoms. The van der Waals surface area contributed by atoms with Gasteiger partial charge in [0.15, 0.2) is 11.6 Å². The number of hydrogen-bond donors (Lipinski definition) is 2. The highest BCUT2D eigenvalue weighted by atomic mass is 32.2. The molecular weight excluding hydrogens is 294 g/mol. The molecule has 0 fully saturated rings.